The summed E-state index contributed by atoms with van der Waals surface area (Å²) in [5.74, 6) is 0.884. The van der Waals surface area contributed by atoms with Gasteiger partial charge in [0.05, 0.1) is 7.11 Å². The van der Waals surface area contributed by atoms with Gasteiger partial charge in [-0.1, -0.05) is 29.5 Å². The number of hydrogen-bond donors (Lipinski definition) is 1. The van der Waals surface area contributed by atoms with Crippen molar-refractivity contribution in [2.24, 2.45) is 0 Å². The molecule has 15 heavy (non-hydrogen) atoms. The quantitative estimate of drug-likeness (QED) is 0.859. The molecule has 2 aromatic rings. The minimum Gasteiger partial charge on any atom is -0.496 e. The average Bonchev–Trinajstić information content (AvgIpc) is 2.79. The van der Waals surface area contributed by atoms with Crippen LogP contribution in [0.1, 0.15) is 5.56 Å². The maximum atomic E-state index is 5.24. The summed E-state index contributed by atoms with van der Waals surface area (Å²) in [6.07, 6.45) is 0. The fraction of sp³-hybridized carbons (Fsp3) is 0.200. The molecule has 0 atom stereocenters. The van der Waals surface area contributed by atoms with E-state index in [2.05, 4.69) is 15.5 Å². The number of hydrogen-bond acceptors (Lipinski definition) is 5. The van der Waals surface area contributed by atoms with Gasteiger partial charge in [0.2, 0.25) is 5.13 Å². The van der Waals surface area contributed by atoms with Crippen LogP contribution in [0.25, 0.3) is 0 Å². The molecule has 0 saturated heterocycles. The Morgan fingerprint density at radius 1 is 1.40 bits per heavy atom. The van der Waals surface area contributed by atoms with E-state index in [9.17, 15) is 0 Å². The van der Waals surface area contributed by atoms with Crippen LogP contribution < -0.4 is 10.1 Å². The van der Waals surface area contributed by atoms with Crippen molar-refractivity contribution in [1.29, 1.82) is 0 Å². The van der Waals surface area contributed by atoms with Crippen molar-refractivity contribution in [2.45, 2.75) is 6.54 Å². The fourth-order valence-corrected chi connectivity index (χ4v) is 1.71. The van der Waals surface area contributed by atoms with Crippen molar-refractivity contribution < 1.29 is 4.74 Å². The summed E-state index contributed by atoms with van der Waals surface area (Å²) in [4.78, 5) is 0. The molecule has 4 nitrogen and oxygen atoms in total. The standard InChI is InChI=1S/C10H11N3OS/c1-14-9-5-3-2-4-8(9)6-11-10-13-12-7-15-10/h2-5,7H,6H2,1H3,(H,11,13). The number of nitrogens with one attached hydrogen (secondary N) is 1. The van der Waals surface area contributed by atoms with Crippen molar-refractivity contribution in [3.8, 4) is 5.75 Å². The van der Waals surface area contributed by atoms with E-state index in [0.717, 1.165) is 16.4 Å². The summed E-state index contributed by atoms with van der Waals surface area (Å²) in [5.41, 5.74) is 2.81. The zero-order valence-electron chi connectivity index (χ0n) is 8.30. The predicted octanol–water partition coefficient (Wildman–Crippen LogP) is 2.16. The minimum absolute atomic E-state index is 0.694. The lowest BCUT2D eigenvalue weighted by atomic mass is 10.2. The zero-order valence-corrected chi connectivity index (χ0v) is 9.12. The highest BCUT2D eigenvalue weighted by Crippen LogP contribution is 2.19. The number of nitrogens with zero attached hydrogens (tertiary/aromatic N) is 2. The average molecular weight is 221 g/mol. The largest absolute Gasteiger partial charge is 0.496 e. The molecule has 2 rings (SSSR count). The fourth-order valence-electron chi connectivity index (χ4n) is 1.27. The normalized spacial score (nSPS) is 9.93. The lowest BCUT2D eigenvalue weighted by molar-refractivity contribution is 0.410. The van der Waals surface area contributed by atoms with Crippen LogP contribution in [0, 0.1) is 0 Å². The Bertz CT molecular complexity index is 416. The first-order valence-electron chi connectivity index (χ1n) is 4.52. The van der Waals surface area contributed by atoms with E-state index in [0.29, 0.717) is 6.54 Å². The lowest BCUT2D eigenvalue weighted by Gasteiger charge is -2.07. The SMILES string of the molecule is COc1ccccc1CNc1nncs1. The van der Waals surface area contributed by atoms with Gasteiger partial charge in [-0.3, -0.25) is 0 Å². The molecule has 0 saturated carbocycles. The van der Waals surface area contributed by atoms with Crippen LogP contribution in [-0.2, 0) is 6.54 Å². The van der Waals surface area contributed by atoms with Crippen LogP contribution in [0.5, 0.6) is 5.75 Å². The van der Waals surface area contributed by atoms with Crippen molar-refractivity contribution in [1.82, 2.24) is 10.2 Å². The van der Waals surface area contributed by atoms with E-state index in [1.165, 1.54) is 11.3 Å². The van der Waals surface area contributed by atoms with Crippen molar-refractivity contribution in [3.63, 3.8) is 0 Å². The number of anilines is 1. The van der Waals surface area contributed by atoms with Gasteiger partial charge in [0.15, 0.2) is 0 Å². The number of methoxy groups -OCH3 is 1. The van der Waals surface area contributed by atoms with Gasteiger partial charge < -0.3 is 10.1 Å². The van der Waals surface area contributed by atoms with E-state index in [1.807, 2.05) is 24.3 Å². The third-order valence-electron chi connectivity index (χ3n) is 1.98. The number of ether oxygens (including phenoxy) is 1. The van der Waals surface area contributed by atoms with E-state index in [4.69, 9.17) is 4.74 Å². The Labute approximate surface area is 91.9 Å². The molecule has 0 aliphatic heterocycles. The maximum absolute atomic E-state index is 5.24. The molecule has 1 heterocycles. The third-order valence-corrected chi connectivity index (χ3v) is 2.63. The second kappa shape index (κ2) is 4.75. The van der Waals surface area contributed by atoms with Gasteiger partial charge in [0.25, 0.3) is 0 Å². The molecule has 0 amide bonds. The first-order valence-corrected chi connectivity index (χ1v) is 5.40. The molecule has 0 radical (unpaired) electrons. The number of para-hydroxylation sites is 1. The second-order valence-corrected chi connectivity index (χ2v) is 3.74. The Morgan fingerprint density at radius 3 is 3.00 bits per heavy atom. The van der Waals surface area contributed by atoms with E-state index >= 15 is 0 Å². The van der Waals surface area contributed by atoms with Crippen LogP contribution >= 0.6 is 11.3 Å². The first-order chi connectivity index (χ1) is 7.40. The van der Waals surface area contributed by atoms with Gasteiger partial charge in [0.1, 0.15) is 11.3 Å². The van der Waals surface area contributed by atoms with Gasteiger partial charge >= 0.3 is 0 Å². The zero-order chi connectivity index (χ0) is 10.5. The van der Waals surface area contributed by atoms with Gasteiger partial charge in [-0.2, -0.15) is 0 Å². The summed E-state index contributed by atoms with van der Waals surface area (Å²) in [6, 6.07) is 7.90. The second-order valence-electron chi connectivity index (χ2n) is 2.91. The van der Waals surface area contributed by atoms with Crippen LogP contribution in [-0.4, -0.2) is 17.3 Å². The molecule has 1 aromatic carbocycles. The minimum atomic E-state index is 0.694. The topological polar surface area (TPSA) is 47.0 Å². The highest BCUT2D eigenvalue weighted by molar-refractivity contribution is 7.13. The van der Waals surface area contributed by atoms with Crippen LogP contribution in [0.3, 0.4) is 0 Å². The highest BCUT2D eigenvalue weighted by atomic mass is 32.1. The molecule has 5 heteroatoms. The molecule has 0 aliphatic rings. The molecular weight excluding hydrogens is 210 g/mol. The van der Waals surface area contributed by atoms with Crippen LogP contribution in [0.15, 0.2) is 29.8 Å². The van der Waals surface area contributed by atoms with E-state index < -0.39 is 0 Å². The molecule has 78 valence electrons. The number of aromatic nitrogens is 2. The van der Waals surface area contributed by atoms with Crippen LogP contribution in [0.4, 0.5) is 5.13 Å². The van der Waals surface area contributed by atoms with Gasteiger partial charge in [0, 0.05) is 12.1 Å². The molecule has 0 spiro atoms. The highest BCUT2D eigenvalue weighted by Gasteiger charge is 2.01. The van der Waals surface area contributed by atoms with Gasteiger partial charge in [-0.05, 0) is 6.07 Å². The molecule has 1 N–H and O–H groups in total. The summed E-state index contributed by atoms with van der Waals surface area (Å²) >= 11 is 1.48. The van der Waals surface area contributed by atoms with Crippen molar-refractivity contribution in [2.75, 3.05) is 12.4 Å². The smallest absolute Gasteiger partial charge is 0.205 e. The number of benzene rings is 1. The third kappa shape index (κ3) is 2.44. The molecule has 0 aliphatic carbocycles. The summed E-state index contributed by atoms with van der Waals surface area (Å²) in [6.45, 7) is 0.694. The summed E-state index contributed by atoms with van der Waals surface area (Å²) in [7, 11) is 1.67. The molecule has 0 unspecified atom stereocenters. The molecule has 0 fully saturated rings. The van der Waals surface area contributed by atoms with E-state index in [-0.39, 0.29) is 0 Å². The van der Waals surface area contributed by atoms with Crippen LogP contribution in [0.2, 0.25) is 0 Å². The van der Waals surface area contributed by atoms with Crippen molar-refractivity contribution >= 4 is 16.5 Å². The molecule has 0 bridgehead atoms. The molecular formula is C10H11N3OS. The van der Waals surface area contributed by atoms with Crippen molar-refractivity contribution in [3.05, 3.63) is 35.3 Å². The van der Waals surface area contributed by atoms with Gasteiger partial charge in [-0.15, -0.1) is 10.2 Å². The maximum Gasteiger partial charge on any atom is 0.205 e. The van der Waals surface area contributed by atoms with Gasteiger partial charge in [-0.25, -0.2) is 0 Å². The predicted molar refractivity (Wildman–Crippen MR) is 60.2 cm³/mol. The molecule has 1 aromatic heterocycles. The first kappa shape index (κ1) is 9.92. The lowest BCUT2D eigenvalue weighted by Crippen LogP contribution is -2.01. The Kier molecular flexibility index (Phi) is 3.14. The Morgan fingerprint density at radius 2 is 2.27 bits per heavy atom. The monoisotopic (exact) mass is 221 g/mol. The Balaban J connectivity index is 2.04. The summed E-state index contributed by atoms with van der Waals surface area (Å²) < 4.78 is 5.24. The Hall–Kier alpha value is -1.62. The van der Waals surface area contributed by atoms with E-state index in [1.54, 1.807) is 12.6 Å². The summed E-state index contributed by atoms with van der Waals surface area (Å²) in [5, 5.41) is 11.7. The number of rotatable bonds is 4.